The Morgan fingerprint density at radius 1 is 0.403 bits per heavy atom. The van der Waals surface area contributed by atoms with Gasteiger partial charge in [0.05, 0.1) is 0 Å². The van der Waals surface area contributed by atoms with Gasteiger partial charge in [-0.1, -0.05) is 214 Å². The summed E-state index contributed by atoms with van der Waals surface area (Å²) in [7, 11) is 0. The van der Waals surface area contributed by atoms with E-state index in [1.54, 1.807) is 0 Å². The summed E-state index contributed by atoms with van der Waals surface area (Å²) in [5.74, 6) is 0. The largest absolute Gasteiger partial charge is 0.375 e. The molecular weight excluding hydrogens is 808 g/mol. The molecule has 12 rings (SSSR count). The molecule has 0 saturated heterocycles. The fraction of sp³-hybridized carbons (Fsp3) is 0.188. The van der Waals surface area contributed by atoms with E-state index in [1.807, 2.05) is 0 Å². The number of aromatic nitrogens is 1. The van der Waals surface area contributed by atoms with Crippen molar-refractivity contribution in [3.05, 3.63) is 199 Å². The monoisotopic (exact) mass is 864 g/mol. The zero-order chi connectivity index (χ0) is 46.1. The second-order valence-corrected chi connectivity index (χ2v) is 22.2. The van der Waals surface area contributed by atoms with Crippen LogP contribution in [-0.4, -0.2) is 11.3 Å². The van der Waals surface area contributed by atoms with Crippen LogP contribution in [0.25, 0.3) is 77.1 Å². The van der Waals surface area contributed by atoms with Gasteiger partial charge in [-0.05, 0) is 124 Å². The second-order valence-electron chi connectivity index (χ2n) is 22.2. The number of hydrogen-bond acceptors (Lipinski definition) is 1. The third-order valence-corrected chi connectivity index (χ3v) is 14.9. The zero-order valence-electron chi connectivity index (χ0n) is 40.3. The predicted octanol–water partition coefficient (Wildman–Crippen LogP) is 16.3. The van der Waals surface area contributed by atoms with E-state index in [4.69, 9.17) is 0 Å². The Labute approximate surface area is 396 Å². The Bertz CT molecular complexity index is 3590. The molecule has 1 aromatic heterocycles. The highest BCUT2D eigenvalue weighted by atomic mass is 15.2. The first kappa shape index (κ1) is 41.3. The summed E-state index contributed by atoms with van der Waals surface area (Å²) < 4.78 is 2.71. The van der Waals surface area contributed by atoms with Gasteiger partial charge in [-0.25, -0.2) is 0 Å². The number of nitrogens with zero attached hydrogens (tertiary/aromatic N) is 2. The van der Waals surface area contributed by atoms with Gasteiger partial charge in [-0.3, -0.25) is 0 Å². The second kappa shape index (κ2) is 14.7. The van der Waals surface area contributed by atoms with E-state index in [2.05, 4.69) is 254 Å². The Balaban J connectivity index is 1.14. The van der Waals surface area contributed by atoms with Crippen LogP contribution in [0.1, 0.15) is 79.0 Å². The SMILES string of the molecule is CC(C)(C)c1ccc(-c2ccc(N3c4ccc(-c5ccc(C(C)(C)C)cc5)cc4B4c5c3ccc(-c3ccc(C(C)(C)C)cc3)c5-c3cccc5c6c7ccccc7ccc6n4c35)cc2)cc1. The van der Waals surface area contributed by atoms with Crippen LogP contribution in [0, 0.1) is 0 Å². The molecule has 0 unspecified atom stereocenters. The number of para-hydroxylation sites is 1. The number of rotatable bonds is 4. The van der Waals surface area contributed by atoms with E-state index in [9.17, 15) is 0 Å². The van der Waals surface area contributed by atoms with Crippen molar-refractivity contribution < 1.29 is 0 Å². The number of fused-ring (bicyclic) bond motifs is 9. The van der Waals surface area contributed by atoms with Crippen LogP contribution in [0.3, 0.4) is 0 Å². The average Bonchev–Trinajstić information content (AvgIpc) is 3.67. The third kappa shape index (κ3) is 6.53. The lowest BCUT2D eigenvalue weighted by Gasteiger charge is -2.41. The van der Waals surface area contributed by atoms with Crippen molar-refractivity contribution in [1.29, 1.82) is 0 Å². The molecule has 67 heavy (non-hydrogen) atoms. The summed E-state index contributed by atoms with van der Waals surface area (Å²) >= 11 is 0. The third-order valence-electron chi connectivity index (χ3n) is 14.9. The highest BCUT2D eigenvalue weighted by molar-refractivity contribution is 6.90. The fourth-order valence-corrected chi connectivity index (χ4v) is 11.2. The van der Waals surface area contributed by atoms with Crippen LogP contribution >= 0.6 is 0 Å². The molecule has 326 valence electrons. The quantitative estimate of drug-likeness (QED) is 0.160. The first-order chi connectivity index (χ1) is 32.1. The van der Waals surface area contributed by atoms with Gasteiger partial charge in [0.1, 0.15) is 0 Å². The van der Waals surface area contributed by atoms with Crippen molar-refractivity contribution in [3.63, 3.8) is 0 Å². The van der Waals surface area contributed by atoms with Crippen LogP contribution < -0.4 is 15.8 Å². The fourth-order valence-electron chi connectivity index (χ4n) is 11.2. The molecule has 2 aliphatic heterocycles. The minimum atomic E-state index is -0.0875. The molecule has 0 aliphatic carbocycles. The standard InChI is InChI=1S/C64H57BN2/c1-62(2,3)46-27-17-40(18-28-46)41-23-33-49(34-24-41)66-55-36-26-45(42-19-29-47(30-20-42)63(4,5)6)39-54(55)65-60-57(66)38-35-51(44-21-31-48(32-22-44)64(7,8)9)59(60)53-16-12-15-52-58-50-14-11-10-13-43(50)25-37-56(58)67(65)61(52)53/h10-39H,1-9H3. The van der Waals surface area contributed by atoms with E-state index in [0.29, 0.717) is 0 Å². The molecule has 0 atom stereocenters. The average molecular weight is 865 g/mol. The maximum Gasteiger partial charge on any atom is 0.333 e. The molecule has 0 saturated carbocycles. The lowest BCUT2D eigenvalue weighted by Crippen LogP contribution is -2.56. The van der Waals surface area contributed by atoms with Gasteiger partial charge in [0.2, 0.25) is 0 Å². The summed E-state index contributed by atoms with van der Waals surface area (Å²) in [5.41, 5.74) is 23.1. The molecule has 0 fully saturated rings. The molecule has 2 aliphatic rings. The highest BCUT2D eigenvalue weighted by Crippen LogP contribution is 2.49. The number of benzene rings is 9. The molecule has 2 nitrogen and oxygen atoms in total. The van der Waals surface area contributed by atoms with E-state index in [-0.39, 0.29) is 23.1 Å². The molecule has 0 N–H and O–H groups in total. The maximum absolute atomic E-state index is 2.71. The first-order valence-corrected chi connectivity index (χ1v) is 24.1. The number of hydrogen-bond donors (Lipinski definition) is 0. The lowest BCUT2D eigenvalue weighted by atomic mass is 9.44. The Morgan fingerprint density at radius 3 is 1.54 bits per heavy atom. The van der Waals surface area contributed by atoms with Crippen LogP contribution in [0.4, 0.5) is 17.1 Å². The lowest BCUT2D eigenvalue weighted by molar-refractivity contribution is 0.590. The molecule has 3 heteroatoms. The van der Waals surface area contributed by atoms with Gasteiger partial charge in [0.25, 0.3) is 0 Å². The Hall–Kier alpha value is -7.10. The molecule has 10 aromatic rings. The van der Waals surface area contributed by atoms with Gasteiger partial charge < -0.3 is 9.38 Å². The van der Waals surface area contributed by atoms with Crippen molar-refractivity contribution in [2.75, 3.05) is 4.90 Å². The van der Waals surface area contributed by atoms with Crippen LogP contribution in [-0.2, 0) is 16.2 Å². The summed E-state index contributed by atoms with van der Waals surface area (Å²) in [6.07, 6.45) is 0. The van der Waals surface area contributed by atoms with Gasteiger partial charge >= 0.3 is 6.85 Å². The molecular formula is C64H57BN2. The van der Waals surface area contributed by atoms with Gasteiger partial charge in [0, 0.05) is 44.4 Å². The van der Waals surface area contributed by atoms with Gasteiger partial charge in [-0.15, -0.1) is 0 Å². The highest BCUT2D eigenvalue weighted by Gasteiger charge is 2.44. The van der Waals surface area contributed by atoms with Crippen LogP contribution in [0.2, 0.25) is 0 Å². The van der Waals surface area contributed by atoms with Crippen molar-refractivity contribution in [2.24, 2.45) is 0 Å². The van der Waals surface area contributed by atoms with Crippen molar-refractivity contribution >= 4 is 67.4 Å². The normalized spacial score (nSPS) is 13.4. The topological polar surface area (TPSA) is 8.17 Å². The van der Waals surface area contributed by atoms with E-state index >= 15 is 0 Å². The summed E-state index contributed by atoms with van der Waals surface area (Å²) in [6.45, 7) is 20.5. The Morgan fingerprint density at radius 2 is 0.925 bits per heavy atom. The molecule has 0 amide bonds. The summed E-state index contributed by atoms with van der Waals surface area (Å²) in [4.78, 5) is 2.54. The maximum atomic E-state index is 2.71. The Kier molecular flexibility index (Phi) is 9.07. The predicted molar refractivity (Wildman–Crippen MR) is 290 cm³/mol. The molecule has 0 bridgehead atoms. The van der Waals surface area contributed by atoms with Gasteiger partial charge in [0.15, 0.2) is 0 Å². The molecule has 0 radical (unpaired) electrons. The van der Waals surface area contributed by atoms with Crippen molar-refractivity contribution in [2.45, 2.75) is 78.6 Å². The van der Waals surface area contributed by atoms with E-state index < -0.39 is 0 Å². The molecule has 9 aromatic carbocycles. The zero-order valence-corrected chi connectivity index (χ0v) is 40.3. The smallest absolute Gasteiger partial charge is 0.333 e. The van der Waals surface area contributed by atoms with Crippen molar-refractivity contribution in [3.8, 4) is 44.5 Å². The molecule has 0 spiro atoms. The summed E-state index contributed by atoms with van der Waals surface area (Å²) in [6, 6.07) is 69.7. The van der Waals surface area contributed by atoms with Crippen LogP contribution in [0.5, 0.6) is 0 Å². The van der Waals surface area contributed by atoms with E-state index in [1.165, 1.54) is 116 Å². The minimum Gasteiger partial charge on any atom is -0.375 e. The van der Waals surface area contributed by atoms with Crippen molar-refractivity contribution in [1.82, 2.24) is 4.48 Å². The first-order valence-electron chi connectivity index (χ1n) is 24.1. The number of anilines is 3. The van der Waals surface area contributed by atoms with Gasteiger partial charge in [-0.2, -0.15) is 0 Å². The summed E-state index contributed by atoms with van der Waals surface area (Å²) in [5, 5.41) is 5.19. The molecule has 3 heterocycles. The minimum absolute atomic E-state index is 0.0590. The van der Waals surface area contributed by atoms with E-state index in [0.717, 1.165) is 5.69 Å². The van der Waals surface area contributed by atoms with Crippen LogP contribution in [0.15, 0.2) is 182 Å².